The monoisotopic (exact) mass is 253 g/mol. The molecule has 2 unspecified atom stereocenters. The zero-order chi connectivity index (χ0) is 13.1. The van der Waals surface area contributed by atoms with Gasteiger partial charge in [0.2, 0.25) is 11.8 Å². The first-order valence-electron chi connectivity index (χ1n) is 6.95. The largest absolute Gasteiger partial charge is 0.342 e. The molecule has 18 heavy (non-hydrogen) atoms. The fraction of sp³-hybridized carbons (Fsp3) is 0.846. The van der Waals surface area contributed by atoms with Gasteiger partial charge >= 0.3 is 0 Å². The Balaban J connectivity index is 2.00. The van der Waals surface area contributed by atoms with Gasteiger partial charge in [-0.2, -0.15) is 0 Å². The topological polar surface area (TPSA) is 66.6 Å². The van der Waals surface area contributed by atoms with Gasteiger partial charge in [0.1, 0.15) is 0 Å². The minimum absolute atomic E-state index is 0.108. The molecule has 2 aliphatic rings. The average molecular weight is 253 g/mol. The molecule has 2 atom stereocenters. The highest BCUT2D eigenvalue weighted by molar-refractivity contribution is 5.89. The van der Waals surface area contributed by atoms with E-state index in [0.717, 1.165) is 25.8 Å². The van der Waals surface area contributed by atoms with Gasteiger partial charge in [0.25, 0.3) is 0 Å². The van der Waals surface area contributed by atoms with Crippen LogP contribution in [-0.2, 0) is 9.59 Å². The number of hydrogen-bond donors (Lipinski definition) is 1. The summed E-state index contributed by atoms with van der Waals surface area (Å²) in [7, 11) is 0. The molecule has 2 N–H and O–H groups in total. The lowest BCUT2D eigenvalue weighted by Crippen LogP contribution is -2.50. The first kappa shape index (κ1) is 13.3. The molecule has 0 bridgehead atoms. The predicted octanol–water partition coefficient (Wildman–Crippen LogP) is 0.195. The maximum absolute atomic E-state index is 12.5. The van der Waals surface area contributed by atoms with Crippen molar-refractivity contribution >= 4 is 11.8 Å². The van der Waals surface area contributed by atoms with Crippen LogP contribution in [0.5, 0.6) is 0 Å². The molecular weight excluding hydrogens is 230 g/mol. The van der Waals surface area contributed by atoms with Gasteiger partial charge < -0.3 is 15.5 Å². The maximum Gasteiger partial charge on any atom is 0.228 e. The molecule has 0 radical (unpaired) electrons. The minimum atomic E-state index is -0.149. The number of carbonyl (C=O) groups is 2. The Hall–Kier alpha value is -1.10. The number of amides is 2. The number of nitrogens with zero attached hydrogens (tertiary/aromatic N) is 2. The fourth-order valence-corrected chi connectivity index (χ4v) is 3.01. The Morgan fingerprint density at radius 2 is 2.22 bits per heavy atom. The highest BCUT2D eigenvalue weighted by Gasteiger charge is 2.37. The van der Waals surface area contributed by atoms with E-state index in [1.807, 2.05) is 11.8 Å². The SMILES string of the molecule is CCN1CC(C(=O)N2CCCCC2CN)CC1=O. The van der Waals surface area contributed by atoms with Gasteiger partial charge in [0, 0.05) is 38.6 Å². The Morgan fingerprint density at radius 1 is 1.44 bits per heavy atom. The van der Waals surface area contributed by atoms with Crippen LogP contribution in [0.3, 0.4) is 0 Å². The van der Waals surface area contributed by atoms with Crippen LogP contribution in [0.1, 0.15) is 32.6 Å². The standard InChI is InChI=1S/C13H23N3O2/c1-2-15-9-10(7-12(15)17)13(18)16-6-4-3-5-11(16)8-14/h10-11H,2-9,14H2,1H3. The second kappa shape index (κ2) is 5.69. The zero-order valence-electron chi connectivity index (χ0n) is 11.1. The van der Waals surface area contributed by atoms with E-state index >= 15 is 0 Å². The summed E-state index contributed by atoms with van der Waals surface area (Å²) < 4.78 is 0. The summed E-state index contributed by atoms with van der Waals surface area (Å²) in [5.74, 6) is 0.0937. The molecule has 2 fully saturated rings. The Bertz CT molecular complexity index is 332. The second-order valence-corrected chi connectivity index (χ2v) is 5.25. The second-order valence-electron chi connectivity index (χ2n) is 5.25. The third-order valence-corrected chi connectivity index (χ3v) is 4.13. The molecule has 0 aliphatic carbocycles. The number of likely N-dealkylation sites (tertiary alicyclic amines) is 2. The van der Waals surface area contributed by atoms with Crippen molar-refractivity contribution in [3.63, 3.8) is 0 Å². The highest BCUT2D eigenvalue weighted by atomic mass is 16.2. The zero-order valence-corrected chi connectivity index (χ0v) is 11.1. The van der Waals surface area contributed by atoms with E-state index in [2.05, 4.69) is 0 Å². The summed E-state index contributed by atoms with van der Waals surface area (Å²) in [5, 5.41) is 0. The van der Waals surface area contributed by atoms with Crippen molar-refractivity contribution < 1.29 is 9.59 Å². The molecular formula is C13H23N3O2. The van der Waals surface area contributed by atoms with Gasteiger partial charge in [-0.3, -0.25) is 9.59 Å². The fourth-order valence-electron chi connectivity index (χ4n) is 3.01. The summed E-state index contributed by atoms with van der Waals surface area (Å²) in [5.41, 5.74) is 5.74. The number of rotatable bonds is 3. The Kier molecular flexibility index (Phi) is 4.22. The highest BCUT2D eigenvalue weighted by Crippen LogP contribution is 2.24. The number of carbonyl (C=O) groups excluding carboxylic acids is 2. The van der Waals surface area contributed by atoms with Crippen molar-refractivity contribution in [1.82, 2.24) is 9.80 Å². The molecule has 5 nitrogen and oxygen atoms in total. The molecule has 2 heterocycles. The molecule has 2 amide bonds. The van der Waals surface area contributed by atoms with Crippen LogP contribution < -0.4 is 5.73 Å². The van der Waals surface area contributed by atoms with E-state index in [0.29, 0.717) is 26.1 Å². The lowest BCUT2D eigenvalue weighted by Gasteiger charge is -2.36. The van der Waals surface area contributed by atoms with Crippen LogP contribution in [0, 0.1) is 5.92 Å². The Labute approximate surface area is 108 Å². The van der Waals surface area contributed by atoms with E-state index < -0.39 is 0 Å². The molecule has 0 aromatic rings. The molecule has 2 aliphatic heterocycles. The smallest absolute Gasteiger partial charge is 0.228 e. The number of hydrogen-bond acceptors (Lipinski definition) is 3. The van der Waals surface area contributed by atoms with Gasteiger partial charge in [-0.05, 0) is 26.2 Å². The van der Waals surface area contributed by atoms with Crippen molar-refractivity contribution in [3.8, 4) is 0 Å². The molecule has 2 saturated heterocycles. The first-order valence-corrected chi connectivity index (χ1v) is 6.95. The van der Waals surface area contributed by atoms with Gasteiger partial charge in [-0.1, -0.05) is 0 Å². The molecule has 5 heteroatoms. The van der Waals surface area contributed by atoms with Gasteiger partial charge in [0.15, 0.2) is 0 Å². The number of piperidine rings is 1. The summed E-state index contributed by atoms with van der Waals surface area (Å²) in [6.07, 6.45) is 3.58. The van der Waals surface area contributed by atoms with E-state index in [1.165, 1.54) is 0 Å². The Morgan fingerprint density at radius 3 is 2.83 bits per heavy atom. The summed E-state index contributed by atoms with van der Waals surface area (Å²) >= 11 is 0. The molecule has 0 spiro atoms. The van der Waals surface area contributed by atoms with Crippen molar-refractivity contribution in [1.29, 1.82) is 0 Å². The summed E-state index contributed by atoms with van der Waals surface area (Å²) in [6.45, 7) is 4.57. The molecule has 0 aromatic heterocycles. The average Bonchev–Trinajstić information content (AvgIpc) is 2.79. The van der Waals surface area contributed by atoms with Crippen molar-refractivity contribution in [3.05, 3.63) is 0 Å². The molecule has 2 rings (SSSR count). The van der Waals surface area contributed by atoms with Gasteiger partial charge in [0.05, 0.1) is 5.92 Å². The van der Waals surface area contributed by atoms with Crippen LogP contribution in [0.15, 0.2) is 0 Å². The summed E-state index contributed by atoms with van der Waals surface area (Å²) in [6, 6.07) is 0.178. The van der Waals surface area contributed by atoms with Crippen LogP contribution in [0.4, 0.5) is 0 Å². The summed E-state index contributed by atoms with van der Waals surface area (Å²) in [4.78, 5) is 27.8. The van der Waals surface area contributed by atoms with Crippen LogP contribution >= 0.6 is 0 Å². The van der Waals surface area contributed by atoms with Crippen molar-refractivity contribution in [2.45, 2.75) is 38.6 Å². The van der Waals surface area contributed by atoms with Crippen molar-refractivity contribution in [2.75, 3.05) is 26.2 Å². The van der Waals surface area contributed by atoms with E-state index in [-0.39, 0.29) is 23.8 Å². The lowest BCUT2D eigenvalue weighted by molar-refractivity contribution is -0.139. The van der Waals surface area contributed by atoms with Gasteiger partial charge in [-0.25, -0.2) is 0 Å². The van der Waals surface area contributed by atoms with Crippen molar-refractivity contribution in [2.24, 2.45) is 11.7 Å². The quantitative estimate of drug-likeness (QED) is 0.781. The lowest BCUT2D eigenvalue weighted by atomic mass is 9.98. The van der Waals surface area contributed by atoms with Gasteiger partial charge in [-0.15, -0.1) is 0 Å². The minimum Gasteiger partial charge on any atom is -0.342 e. The first-order chi connectivity index (χ1) is 8.67. The molecule has 0 saturated carbocycles. The van der Waals surface area contributed by atoms with Crippen LogP contribution in [0.25, 0.3) is 0 Å². The third-order valence-electron chi connectivity index (χ3n) is 4.13. The van der Waals surface area contributed by atoms with E-state index in [9.17, 15) is 9.59 Å². The predicted molar refractivity (Wildman–Crippen MR) is 68.8 cm³/mol. The van der Waals surface area contributed by atoms with E-state index in [4.69, 9.17) is 5.73 Å². The number of nitrogens with two attached hydrogens (primary N) is 1. The molecule has 102 valence electrons. The van der Waals surface area contributed by atoms with Crippen LogP contribution in [0.2, 0.25) is 0 Å². The normalized spacial score (nSPS) is 28.9. The third kappa shape index (κ3) is 2.51. The van der Waals surface area contributed by atoms with E-state index in [1.54, 1.807) is 4.90 Å². The maximum atomic E-state index is 12.5. The van der Waals surface area contributed by atoms with Crippen LogP contribution in [-0.4, -0.2) is 53.8 Å². The molecule has 0 aromatic carbocycles.